The molecule has 4 nitrogen and oxygen atoms in total. The number of aromatic hydroxyl groups is 1. The van der Waals surface area contributed by atoms with Crippen LogP contribution >= 0.6 is 0 Å². The molecule has 6 heteroatoms. The Morgan fingerprint density at radius 2 is 2.22 bits per heavy atom. The van der Waals surface area contributed by atoms with Gasteiger partial charge in [0.15, 0.2) is 9.84 Å². The third-order valence-corrected chi connectivity index (χ3v) is 4.94. The molecule has 1 aromatic rings. The molecule has 0 aliphatic carbocycles. The van der Waals surface area contributed by atoms with E-state index >= 15 is 0 Å². The lowest BCUT2D eigenvalue weighted by Crippen LogP contribution is -2.32. The Morgan fingerprint density at radius 1 is 1.50 bits per heavy atom. The fourth-order valence-electron chi connectivity index (χ4n) is 2.24. The zero-order chi connectivity index (χ0) is 13.3. The summed E-state index contributed by atoms with van der Waals surface area (Å²) in [6.07, 6.45) is 0.558. The Labute approximate surface area is 106 Å². The zero-order valence-electron chi connectivity index (χ0n) is 10.1. The molecular formula is C12H16FNO3S. The summed E-state index contributed by atoms with van der Waals surface area (Å²) in [6.45, 7) is 1.78. The van der Waals surface area contributed by atoms with E-state index in [1.54, 1.807) is 6.92 Å². The van der Waals surface area contributed by atoms with Gasteiger partial charge in [-0.3, -0.25) is 0 Å². The number of phenolic OH excluding ortho intramolecular Hbond substituents is 1. The molecule has 2 atom stereocenters. The van der Waals surface area contributed by atoms with E-state index in [1.807, 2.05) is 0 Å². The molecule has 0 aromatic heterocycles. The van der Waals surface area contributed by atoms with Gasteiger partial charge >= 0.3 is 0 Å². The third kappa shape index (κ3) is 3.00. The van der Waals surface area contributed by atoms with Crippen molar-refractivity contribution in [1.29, 1.82) is 0 Å². The average molecular weight is 273 g/mol. The zero-order valence-corrected chi connectivity index (χ0v) is 10.9. The van der Waals surface area contributed by atoms with Gasteiger partial charge in [0.25, 0.3) is 0 Å². The minimum absolute atomic E-state index is 0.0113. The topological polar surface area (TPSA) is 66.4 Å². The summed E-state index contributed by atoms with van der Waals surface area (Å²) in [7, 11) is -2.94. The molecule has 18 heavy (non-hydrogen) atoms. The maximum atomic E-state index is 13.1. The Balaban J connectivity index is 2.08. The maximum Gasteiger partial charge on any atom is 0.151 e. The SMILES string of the molecule is CC(NC1CCS(=O)(=O)C1)c1cc(F)ccc1O. The van der Waals surface area contributed by atoms with Crippen LogP contribution in [-0.2, 0) is 9.84 Å². The second-order valence-corrected chi connectivity index (χ2v) is 6.92. The van der Waals surface area contributed by atoms with Crippen LogP contribution in [0.1, 0.15) is 24.9 Å². The van der Waals surface area contributed by atoms with Gasteiger partial charge in [-0.15, -0.1) is 0 Å². The van der Waals surface area contributed by atoms with E-state index in [2.05, 4.69) is 5.32 Å². The van der Waals surface area contributed by atoms with Gasteiger partial charge in [0.2, 0.25) is 0 Å². The fourth-order valence-corrected chi connectivity index (χ4v) is 3.93. The highest BCUT2D eigenvalue weighted by Gasteiger charge is 2.29. The molecule has 1 saturated heterocycles. The lowest BCUT2D eigenvalue weighted by Gasteiger charge is -2.19. The predicted octanol–water partition coefficient (Wildman–Crippen LogP) is 1.37. The van der Waals surface area contributed by atoms with Crippen molar-refractivity contribution < 1.29 is 17.9 Å². The van der Waals surface area contributed by atoms with Gasteiger partial charge in [0.05, 0.1) is 11.5 Å². The minimum Gasteiger partial charge on any atom is -0.508 e. The van der Waals surface area contributed by atoms with Gasteiger partial charge in [-0.25, -0.2) is 12.8 Å². The molecular weight excluding hydrogens is 257 g/mol. The largest absolute Gasteiger partial charge is 0.508 e. The standard InChI is InChI=1S/C12H16FNO3S/c1-8(11-6-9(13)2-3-12(11)15)14-10-4-5-18(16,17)7-10/h2-3,6,8,10,14-15H,4-5,7H2,1H3. The van der Waals surface area contributed by atoms with Gasteiger partial charge in [0, 0.05) is 17.6 Å². The van der Waals surface area contributed by atoms with E-state index in [9.17, 15) is 17.9 Å². The Kier molecular flexibility index (Phi) is 3.59. The number of benzene rings is 1. The summed E-state index contributed by atoms with van der Waals surface area (Å²) in [4.78, 5) is 0. The molecule has 1 heterocycles. The van der Waals surface area contributed by atoms with Gasteiger partial charge < -0.3 is 10.4 Å². The monoisotopic (exact) mass is 273 g/mol. The van der Waals surface area contributed by atoms with E-state index in [-0.39, 0.29) is 29.3 Å². The first-order valence-electron chi connectivity index (χ1n) is 5.82. The average Bonchev–Trinajstić information content (AvgIpc) is 2.61. The molecule has 0 saturated carbocycles. The van der Waals surface area contributed by atoms with Crippen LogP contribution in [0.5, 0.6) is 5.75 Å². The second-order valence-electron chi connectivity index (χ2n) is 4.69. The van der Waals surface area contributed by atoms with E-state index in [1.165, 1.54) is 18.2 Å². The third-order valence-electron chi connectivity index (χ3n) is 3.17. The van der Waals surface area contributed by atoms with Crippen molar-refractivity contribution in [1.82, 2.24) is 5.32 Å². The summed E-state index contributed by atoms with van der Waals surface area (Å²) < 4.78 is 35.8. The number of nitrogens with one attached hydrogen (secondary N) is 1. The molecule has 1 aromatic carbocycles. The minimum atomic E-state index is -2.94. The number of phenols is 1. The van der Waals surface area contributed by atoms with E-state index in [0.29, 0.717) is 12.0 Å². The number of halogens is 1. The van der Waals surface area contributed by atoms with Crippen LogP contribution in [0.15, 0.2) is 18.2 Å². The summed E-state index contributed by atoms with van der Waals surface area (Å²) in [5.41, 5.74) is 0.444. The van der Waals surface area contributed by atoms with E-state index in [0.717, 1.165) is 0 Å². The first-order valence-corrected chi connectivity index (χ1v) is 7.64. The highest BCUT2D eigenvalue weighted by molar-refractivity contribution is 7.91. The van der Waals surface area contributed by atoms with Crippen LogP contribution in [-0.4, -0.2) is 31.1 Å². The summed E-state index contributed by atoms with van der Waals surface area (Å²) in [5, 5.41) is 12.8. The summed E-state index contributed by atoms with van der Waals surface area (Å²) >= 11 is 0. The number of hydrogen-bond acceptors (Lipinski definition) is 4. The fraction of sp³-hybridized carbons (Fsp3) is 0.500. The van der Waals surface area contributed by atoms with Crippen molar-refractivity contribution in [2.75, 3.05) is 11.5 Å². The highest BCUT2D eigenvalue weighted by Crippen LogP contribution is 2.26. The molecule has 100 valence electrons. The van der Waals surface area contributed by atoms with Crippen molar-refractivity contribution in [3.63, 3.8) is 0 Å². The predicted molar refractivity (Wildman–Crippen MR) is 66.7 cm³/mol. The van der Waals surface area contributed by atoms with E-state index < -0.39 is 15.7 Å². The smallest absolute Gasteiger partial charge is 0.151 e. The van der Waals surface area contributed by atoms with Crippen LogP contribution < -0.4 is 5.32 Å². The van der Waals surface area contributed by atoms with Crippen LogP contribution in [0, 0.1) is 5.82 Å². The summed E-state index contributed by atoms with van der Waals surface area (Å²) in [6, 6.07) is 3.32. The number of sulfone groups is 1. The van der Waals surface area contributed by atoms with Crippen molar-refractivity contribution in [3.8, 4) is 5.75 Å². The lowest BCUT2D eigenvalue weighted by atomic mass is 10.1. The van der Waals surface area contributed by atoms with Crippen molar-refractivity contribution >= 4 is 9.84 Å². The molecule has 0 bridgehead atoms. The van der Waals surface area contributed by atoms with Crippen molar-refractivity contribution in [2.24, 2.45) is 0 Å². The molecule has 0 amide bonds. The quantitative estimate of drug-likeness (QED) is 0.873. The van der Waals surface area contributed by atoms with Crippen LogP contribution in [0.3, 0.4) is 0 Å². The molecule has 0 spiro atoms. The Bertz CT molecular complexity index is 544. The van der Waals surface area contributed by atoms with E-state index in [4.69, 9.17) is 0 Å². The van der Waals surface area contributed by atoms with Crippen LogP contribution in [0.25, 0.3) is 0 Å². The highest BCUT2D eigenvalue weighted by atomic mass is 32.2. The van der Waals surface area contributed by atoms with Gasteiger partial charge in [0.1, 0.15) is 11.6 Å². The van der Waals surface area contributed by atoms with Crippen LogP contribution in [0.4, 0.5) is 4.39 Å². The Morgan fingerprint density at radius 3 is 2.83 bits per heavy atom. The normalized spacial score (nSPS) is 24.0. The molecule has 1 fully saturated rings. The number of rotatable bonds is 3. The second kappa shape index (κ2) is 4.85. The van der Waals surface area contributed by atoms with Gasteiger partial charge in [-0.05, 0) is 31.5 Å². The first-order chi connectivity index (χ1) is 8.37. The molecule has 1 aliphatic rings. The molecule has 2 rings (SSSR count). The maximum absolute atomic E-state index is 13.1. The summed E-state index contributed by atoms with van der Waals surface area (Å²) in [5.74, 6) is -0.118. The first kappa shape index (κ1) is 13.3. The number of hydrogen-bond donors (Lipinski definition) is 2. The van der Waals surface area contributed by atoms with Gasteiger partial charge in [-0.1, -0.05) is 0 Å². The lowest BCUT2D eigenvalue weighted by molar-refractivity contribution is 0.433. The molecule has 2 N–H and O–H groups in total. The molecule has 2 unspecified atom stereocenters. The van der Waals surface area contributed by atoms with Crippen LogP contribution in [0.2, 0.25) is 0 Å². The Hall–Kier alpha value is -1.14. The molecule has 0 radical (unpaired) electrons. The van der Waals surface area contributed by atoms with Gasteiger partial charge in [-0.2, -0.15) is 0 Å². The van der Waals surface area contributed by atoms with Crippen molar-refractivity contribution in [2.45, 2.75) is 25.4 Å². The van der Waals surface area contributed by atoms with Crippen molar-refractivity contribution in [3.05, 3.63) is 29.6 Å². The molecule has 1 aliphatic heterocycles.